The Bertz CT molecular complexity index is 784. The summed E-state index contributed by atoms with van der Waals surface area (Å²) in [5, 5.41) is 33.2. The van der Waals surface area contributed by atoms with Crippen molar-refractivity contribution < 1.29 is 39.1 Å². The van der Waals surface area contributed by atoms with E-state index in [0.717, 1.165) is 0 Å². The largest absolute Gasteiger partial charge is 0.462 e. The summed E-state index contributed by atoms with van der Waals surface area (Å²) in [4.78, 5) is 24.2. The minimum atomic E-state index is -1.34. The maximum Gasteiger partial charge on any atom is 0.302 e. The first-order chi connectivity index (χ1) is 14.7. The lowest BCUT2D eigenvalue weighted by molar-refractivity contribution is -0.356. The molecule has 0 aromatic carbocycles. The Labute approximate surface area is 189 Å². The van der Waals surface area contributed by atoms with Crippen molar-refractivity contribution in [3.8, 4) is 0 Å². The van der Waals surface area contributed by atoms with Crippen LogP contribution in [0.25, 0.3) is 0 Å². The first-order valence-corrected chi connectivity index (χ1v) is 11.3. The Kier molecular flexibility index (Phi) is 6.35. The molecule has 182 valence electrons. The van der Waals surface area contributed by atoms with Gasteiger partial charge in [0, 0.05) is 44.1 Å². The Morgan fingerprint density at radius 2 is 1.69 bits per heavy atom. The van der Waals surface area contributed by atoms with Gasteiger partial charge in [0.05, 0.1) is 11.7 Å². The molecule has 2 aliphatic carbocycles. The van der Waals surface area contributed by atoms with Gasteiger partial charge in [-0.05, 0) is 32.1 Å². The van der Waals surface area contributed by atoms with E-state index in [9.17, 15) is 24.9 Å². The Morgan fingerprint density at radius 1 is 1.09 bits per heavy atom. The topological polar surface area (TPSA) is 123 Å². The maximum atomic E-state index is 12.1. The van der Waals surface area contributed by atoms with Gasteiger partial charge < -0.3 is 29.5 Å². The van der Waals surface area contributed by atoms with E-state index in [-0.39, 0.29) is 6.61 Å². The number of carbonyl (C=O) groups excluding carboxylic acids is 2. The lowest BCUT2D eigenvalue weighted by atomic mass is 9.41. The van der Waals surface area contributed by atoms with Crippen molar-refractivity contribution in [2.24, 2.45) is 22.7 Å². The molecule has 10 atom stereocenters. The number of hydrogen-bond donors (Lipinski definition) is 3. The summed E-state index contributed by atoms with van der Waals surface area (Å²) in [7, 11) is 0. The number of ether oxygens (including phenoxy) is 3. The number of rotatable bonds is 4. The smallest absolute Gasteiger partial charge is 0.302 e. The molecule has 0 unspecified atom stereocenters. The van der Waals surface area contributed by atoms with Gasteiger partial charge in [0.1, 0.15) is 23.9 Å². The molecule has 0 bridgehead atoms. The van der Waals surface area contributed by atoms with Gasteiger partial charge >= 0.3 is 11.9 Å². The van der Waals surface area contributed by atoms with Gasteiger partial charge in [0.25, 0.3) is 0 Å². The molecule has 2 saturated carbocycles. The van der Waals surface area contributed by atoms with Crippen molar-refractivity contribution in [3.05, 3.63) is 12.7 Å². The van der Waals surface area contributed by atoms with Gasteiger partial charge in [-0.3, -0.25) is 9.59 Å². The van der Waals surface area contributed by atoms with Crippen molar-refractivity contribution in [2.45, 2.75) is 96.4 Å². The Hall–Kier alpha value is -1.48. The van der Waals surface area contributed by atoms with Crippen LogP contribution in [-0.4, -0.2) is 69.5 Å². The van der Waals surface area contributed by atoms with Gasteiger partial charge in [-0.1, -0.05) is 19.9 Å². The van der Waals surface area contributed by atoms with Crippen molar-refractivity contribution in [3.63, 3.8) is 0 Å². The van der Waals surface area contributed by atoms with E-state index in [0.29, 0.717) is 19.3 Å². The zero-order valence-corrected chi connectivity index (χ0v) is 20.0. The summed E-state index contributed by atoms with van der Waals surface area (Å²) in [5.41, 5.74) is -3.95. The third-order valence-corrected chi connectivity index (χ3v) is 8.48. The zero-order chi connectivity index (χ0) is 24.3. The highest BCUT2D eigenvalue weighted by Crippen LogP contribution is 2.66. The number of aliphatic hydroxyl groups excluding tert-OH is 3. The molecule has 1 aliphatic heterocycles. The molecule has 32 heavy (non-hydrogen) atoms. The fraction of sp³-hybridized carbons (Fsp3) is 0.833. The van der Waals surface area contributed by atoms with Crippen LogP contribution in [-0.2, 0) is 23.8 Å². The second-order valence-corrected chi connectivity index (χ2v) is 10.9. The number of esters is 2. The van der Waals surface area contributed by atoms with Gasteiger partial charge in [0.15, 0.2) is 0 Å². The molecular formula is C24H38O8. The van der Waals surface area contributed by atoms with Crippen LogP contribution in [0.1, 0.15) is 60.8 Å². The molecule has 0 aromatic heterocycles. The van der Waals surface area contributed by atoms with Crippen LogP contribution < -0.4 is 0 Å². The molecule has 3 fully saturated rings. The highest BCUT2D eigenvalue weighted by molar-refractivity contribution is 5.67. The summed E-state index contributed by atoms with van der Waals surface area (Å²) in [6.07, 6.45) is -1.03. The van der Waals surface area contributed by atoms with E-state index in [1.165, 1.54) is 13.8 Å². The molecule has 0 amide bonds. The summed E-state index contributed by atoms with van der Waals surface area (Å²) in [6, 6.07) is 0. The second kappa shape index (κ2) is 8.08. The van der Waals surface area contributed by atoms with Gasteiger partial charge in [-0.2, -0.15) is 0 Å². The number of carbonyl (C=O) groups is 2. The van der Waals surface area contributed by atoms with E-state index in [2.05, 4.69) is 6.58 Å². The molecule has 1 saturated heterocycles. The summed E-state index contributed by atoms with van der Waals surface area (Å²) in [5.74, 6) is -2.19. The average molecular weight is 455 g/mol. The van der Waals surface area contributed by atoms with Crippen molar-refractivity contribution in [1.82, 2.24) is 0 Å². The minimum Gasteiger partial charge on any atom is -0.462 e. The Balaban J connectivity index is 2.27. The zero-order valence-electron chi connectivity index (χ0n) is 20.0. The Morgan fingerprint density at radius 3 is 2.19 bits per heavy atom. The lowest BCUT2D eigenvalue weighted by Gasteiger charge is -2.69. The molecule has 0 radical (unpaired) electrons. The van der Waals surface area contributed by atoms with Crippen LogP contribution in [0.4, 0.5) is 0 Å². The van der Waals surface area contributed by atoms with E-state index in [4.69, 9.17) is 14.2 Å². The normalized spacial score (nSPS) is 50.5. The standard InChI is InChI=1S/C24H38O8/c1-8-22(5)11-15(30-13(2)26)18-23(6)16(31-14(3)27)9-10-21(4,12-25)19(23)17(28)20(29)24(18,7)32-22/h8,15-20,25,28-29H,1,9-12H2,2-7H3/t15-,16-,17+,18-,19+,20+,21-,22+,23-,24+/m1/s1. The molecule has 0 spiro atoms. The van der Waals surface area contributed by atoms with Crippen molar-refractivity contribution in [2.75, 3.05) is 6.61 Å². The SMILES string of the molecule is C=C[C@@]1(C)C[C@@H](OC(C)=O)[C@H]2[C@](C)(O1)[C@@H](O)[C@@H](O)[C@H]1[C@@](C)(CO)CC[C@@H](OC(C)=O)[C@@]12C. The van der Waals surface area contributed by atoms with E-state index >= 15 is 0 Å². The fourth-order valence-corrected chi connectivity index (χ4v) is 7.34. The van der Waals surface area contributed by atoms with Crippen LogP contribution >= 0.6 is 0 Å². The quantitative estimate of drug-likeness (QED) is 0.434. The second-order valence-electron chi connectivity index (χ2n) is 10.9. The number of hydrogen-bond acceptors (Lipinski definition) is 8. The maximum absolute atomic E-state index is 12.1. The highest BCUT2D eigenvalue weighted by atomic mass is 16.6. The van der Waals surface area contributed by atoms with Crippen molar-refractivity contribution in [1.29, 1.82) is 0 Å². The molecule has 3 rings (SSSR count). The van der Waals surface area contributed by atoms with Crippen LogP contribution in [0.5, 0.6) is 0 Å². The fourth-order valence-electron chi connectivity index (χ4n) is 7.34. The summed E-state index contributed by atoms with van der Waals surface area (Å²) in [6.45, 7) is 13.6. The monoisotopic (exact) mass is 454 g/mol. The molecule has 1 heterocycles. The third kappa shape index (κ3) is 3.59. The van der Waals surface area contributed by atoms with Gasteiger partial charge in [-0.15, -0.1) is 6.58 Å². The summed E-state index contributed by atoms with van der Waals surface area (Å²) < 4.78 is 18.1. The van der Waals surface area contributed by atoms with Gasteiger partial charge in [-0.25, -0.2) is 0 Å². The minimum absolute atomic E-state index is 0.212. The molecular weight excluding hydrogens is 416 g/mol. The molecule has 0 aromatic rings. The molecule has 3 aliphatic rings. The number of aliphatic hydroxyl groups is 3. The predicted molar refractivity (Wildman–Crippen MR) is 115 cm³/mol. The van der Waals surface area contributed by atoms with Gasteiger partial charge in [0.2, 0.25) is 0 Å². The number of fused-ring (bicyclic) bond motifs is 3. The third-order valence-electron chi connectivity index (χ3n) is 8.48. The lowest BCUT2D eigenvalue weighted by Crippen LogP contribution is -2.78. The van der Waals surface area contributed by atoms with Crippen LogP contribution in [0.2, 0.25) is 0 Å². The van der Waals surface area contributed by atoms with Crippen LogP contribution in [0.15, 0.2) is 12.7 Å². The summed E-state index contributed by atoms with van der Waals surface area (Å²) >= 11 is 0. The van der Waals surface area contributed by atoms with E-state index < -0.39 is 70.2 Å². The first kappa shape index (κ1) is 25.1. The van der Waals surface area contributed by atoms with Crippen LogP contribution in [0, 0.1) is 22.7 Å². The predicted octanol–water partition coefficient (Wildman–Crippen LogP) is 1.74. The van der Waals surface area contributed by atoms with Crippen molar-refractivity contribution >= 4 is 11.9 Å². The molecule has 8 nitrogen and oxygen atoms in total. The average Bonchev–Trinajstić information content (AvgIpc) is 2.67. The first-order valence-electron chi connectivity index (χ1n) is 11.3. The van der Waals surface area contributed by atoms with E-state index in [1.54, 1.807) is 19.9 Å². The molecule has 3 N–H and O–H groups in total. The van der Waals surface area contributed by atoms with E-state index in [1.807, 2.05) is 13.8 Å². The highest BCUT2D eigenvalue weighted by Gasteiger charge is 2.74. The molecule has 8 heteroatoms. The van der Waals surface area contributed by atoms with Crippen LogP contribution in [0.3, 0.4) is 0 Å².